The van der Waals surface area contributed by atoms with E-state index in [2.05, 4.69) is 16.4 Å². The Labute approximate surface area is 152 Å². The Morgan fingerprint density at radius 1 is 1.12 bits per heavy atom. The van der Waals surface area contributed by atoms with E-state index in [1.165, 1.54) is 32.1 Å². The lowest BCUT2D eigenvalue weighted by Gasteiger charge is -2.21. The third kappa shape index (κ3) is 4.10. The maximum atomic E-state index is 5.95. The van der Waals surface area contributed by atoms with Crippen molar-refractivity contribution in [3.05, 3.63) is 42.2 Å². The van der Waals surface area contributed by atoms with Crippen molar-refractivity contribution in [2.24, 2.45) is 5.92 Å². The summed E-state index contributed by atoms with van der Waals surface area (Å²) in [7, 11) is 0. The Bertz CT molecular complexity index is 855. The largest absolute Gasteiger partial charge is 0.457 e. The van der Waals surface area contributed by atoms with Crippen molar-refractivity contribution in [3.63, 3.8) is 0 Å². The van der Waals surface area contributed by atoms with E-state index in [0.29, 0.717) is 0 Å². The summed E-state index contributed by atoms with van der Waals surface area (Å²) in [6.45, 7) is 3.00. The van der Waals surface area contributed by atoms with Crippen LogP contribution in [0.1, 0.15) is 37.8 Å². The van der Waals surface area contributed by atoms with Crippen molar-refractivity contribution >= 4 is 26.7 Å². The molecule has 1 aliphatic rings. The highest BCUT2D eigenvalue weighted by atomic mass is 32.1. The zero-order valence-corrected chi connectivity index (χ0v) is 15.3. The van der Waals surface area contributed by atoms with Gasteiger partial charge in [-0.05, 0) is 43.9 Å². The number of anilines is 1. The van der Waals surface area contributed by atoms with E-state index in [4.69, 9.17) is 9.72 Å². The van der Waals surface area contributed by atoms with Gasteiger partial charge in [0.05, 0.1) is 10.2 Å². The molecule has 4 nitrogen and oxygen atoms in total. The molecule has 0 aliphatic heterocycles. The first-order valence-electron chi connectivity index (χ1n) is 9.01. The number of nitrogens with one attached hydrogen (secondary N) is 1. The minimum absolute atomic E-state index is 0.801. The summed E-state index contributed by atoms with van der Waals surface area (Å²) in [5.41, 5.74) is 1.97. The number of benzene rings is 1. The van der Waals surface area contributed by atoms with E-state index in [1.54, 1.807) is 17.5 Å². The van der Waals surface area contributed by atoms with Gasteiger partial charge in [-0.2, -0.15) is 0 Å². The summed E-state index contributed by atoms with van der Waals surface area (Å²) < 4.78 is 7.10. The Morgan fingerprint density at radius 2 is 1.96 bits per heavy atom. The van der Waals surface area contributed by atoms with E-state index in [9.17, 15) is 0 Å². The summed E-state index contributed by atoms with van der Waals surface area (Å²) >= 11 is 1.70. The molecule has 1 fully saturated rings. The number of thiazole rings is 1. The first kappa shape index (κ1) is 16.3. The van der Waals surface area contributed by atoms with Crippen LogP contribution in [0.4, 0.5) is 5.13 Å². The summed E-state index contributed by atoms with van der Waals surface area (Å²) in [6, 6.07) is 9.88. The van der Waals surface area contributed by atoms with Crippen LogP contribution in [0.15, 0.2) is 36.5 Å². The van der Waals surface area contributed by atoms with Gasteiger partial charge in [-0.25, -0.2) is 4.98 Å². The second-order valence-electron chi connectivity index (χ2n) is 6.77. The van der Waals surface area contributed by atoms with E-state index >= 15 is 0 Å². The predicted octanol–water partition coefficient (Wildman–Crippen LogP) is 5.78. The first-order chi connectivity index (χ1) is 12.3. The summed E-state index contributed by atoms with van der Waals surface area (Å²) in [5.74, 6) is 2.45. The first-order valence-corrected chi connectivity index (χ1v) is 9.83. The van der Waals surface area contributed by atoms with E-state index in [-0.39, 0.29) is 0 Å². The SMILES string of the molecule is Cc1cc(Oc2ccc3nc(NCC4CCCCC4)sc3c2)ccn1. The highest BCUT2D eigenvalue weighted by Gasteiger charge is 2.14. The molecule has 1 aliphatic carbocycles. The third-order valence-corrected chi connectivity index (χ3v) is 5.71. The number of fused-ring (bicyclic) bond motifs is 1. The molecule has 0 unspecified atom stereocenters. The van der Waals surface area contributed by atoms with Gasteiger partial charge in [0.2, 0.25) is 0 Å². The van der Waals surface area contributed by atoms with E-state index in [0.717, 1.165) is 45.0 Å². The number of pyridine rings is 1. The fraction of sp³-hybridized carbons (Fsp3) is 0.400. The molecular formula is C20H23N3OS. The molecule has 0 bridgehead atoms. The molecule has 3 aromatic rings. The molecule has 0 spiro atoms. The predicted molar refractivity (Wildman–Crippen MR) is 104 cm³/mol. The highest BCUT2D eigenvalue weighted by Crippen LogP contribution is 2.32. The van der Waals surface area contributed by atoms with Crippen LogP contribution in [-0.2, 0) is 0 Å². The van der Waals surface area contributed by atoms with Gasteiger partial charge in [0.1, 0.15) is 11.5 Å². The minimum Gasteiger partial charge on any atom is -0.457 e. The van der Waals surface area contributed by atoms with Crippen molar-refractivity contribution in [2.45, 2.75) is 39.0 Å². The van der Waals surface area contributed by atoms with Gasteiger partial charge in [-0.15, -0.1) is 0 Å². The number of nitrogens with zero attached hydrogens (tertiary/aromatic N) is 2. The van der Waals surface area contributed by atoms with Gasteiger partial charge in [0.15, 0.2) is 5.13 Å². The Morgan fingerprint density at radius 3 is 2.80 bits per heavy atom. The lowest BCUT2D eigenvalue weighted by atomic mass is 9.89. The molecule has 25 heavy (non-hydrogen) atoms. The maximum absolute atomic E-state index is 5.95. The zero-order valence-electron chi connectivity index (χ0n) is 14.5. The number of ether oxygens (including phenoxy) is 1. The molecule has 130 valence electrons. The summed E-state index contributed by atoms with van der Waals surface area (Å²) in [4.78, 5) is 8.90. The van der Waals surface area contributed by atoms with Gasteiger partial charge in [0, 0.05) is 30.6 Å². The van der Waals surface area contributed by atoms with E-state index < -0.39 is 0 Å². The lowest BCUT2D eigenvalue weighted by Crippen LogP contribution is -2.16. The van der Waals surface area contributed by atoms with Crippen LogP contribution in [-0.4, -0.2) is 16.5 Å². The number of hydrogen-bond donors (Lipinski definition) is 1. The van der Waals surface area contributed by atoms with E-state index in [1.807, 2.05) is 31.2 Å². The van der Waals surface area contributed by atoms with Gasteiger partial charge in [-0.1, -0.05) is 30.6 Å². The monoisotopic (exact) mass is 353 g/mol. The van der Waals surface area contributed by atoms with Crippen molar-refractivity contribution in [2.75, 3.05) is 11.9 Å². The molecule has 1 N–H and O–H groups in total. The quantitative estimate of drug-likeness (QED) is 0.631. The van der Waals surface area contributed by atoms with Crippen molar-refractivity contribution in [1.82, 2.24) is 9.97 Å². The lowest BCUT2D eigenvalue weighted by molar-refractivity contribution is 0.373. The molecule has 0 saturated heterocycles. The Kier molecular flexibility index (Phi) is 4.83. The minimum atomic E-state index is 0.801. The average Bonchev–Trinajstić information content (AvgIpc) is 3.03. The number of aromatic nitrogens is 2. The molecule has 1 aromatic carbocycles. The number of aryl methyl sites for hydroxylation is 1. The Balaban J connectivity index is 1.45. The number of hydrogen-bond acceptors (Lipinski definition) is 5. The van der Waals surface area contributed by atoms with Gasteiger partial charge < -0.3 is 10.1 Å². The molecule has 1 saturated carbocycles. The van der Waals surface area contributed by atoms with Crippen LogP contribution in [0.3, 0.4) is 0 Å². The highest BCUT2D eigenvalue weighted by molar-refractivity contribution is 7.22. The van der Waals surface area contributed by atoms with Crippen LogP contribution in [0.2, 0.25) is 0 Å². The van der Waals surface area contributed by atoms with Crippen LogP contribution < -0.4 is 10.1 Å². The third-order valence-electron chi connectivity index (χ3n) is 4.73. The standard InChI is InChI=1S/C20H23N3OS/c1-14-11-17(9-10-21-14)24-16-7-8-18-19(12-16)25-20(23-18)22-13-15-5-3-2-4-6-15/h7-12,15H,2-6,13H2,1H3,(H,22,23). The molecule has 0 amide bonds. The second-order valence-corrected chi connectivity index (χ2v) is 7.80. The fourth-order valence-corrected chi connectivity index (χ4v) is 4.29. The maximum Gasteiger partial charge on any atom is 0.183 e. The normalized spacial score (nSPS) is 15.4. The van der Waals surface area contributed by atoms with Gasteiger partial charge in [0.25, 0.3) is 0 Å². The van der Waals surface area contributed by atoms with Gasteiger partial charge in [-0.3, -0.25) is 4.98 Å². The molecule has 4 rings (SSSR count). The van der Waals surface area contributed by atoms with Crippen molar-refractivity contribution < 1.29 is 4.74 Å². The summed E-state index contributed by atoms with van der Waals surface area (Å²) in [6.07, 6.45) is 8.62. The molecule has 2 aromatic heterocycles. The smallest absolute Gasteiger partial charge is 0.183 e. The van der Waals surface area contributed by atoms with Crippen LogP contribution in [0.25, 0.3) is 10.2 Å². The Hall–Kier alpha value is -2.14. The second kappa shape index (κ2) is 7.40. The molecular weight excluding hydrogens is 330 g/mol. The van der Waals surface area contributed by atoms with Crippen molar-refractivity contribution in [1.29, 1.82) is 0 Å². The molecule has 0 atom stereocenters. The zero-order chi connectivity index (χ0) is 17.1. The van der Waals surface area contributed by atoms with Crippen molar-refractivity contribution in [3.8, 4) is 11.5 Å². The average molecular weight is 353 g/mol. The van der Waals surface area contributed by atoms with Crippen LogP contribution in [0, 0.1) is 12.8 Å². The topological polar surface area (TPSA) is 47.0 Å². The van der Waals surface area contributed by atoms with Gasteiger partial charge >= 0.3 is 0 Å². The van der Waals surface area contributed by atoms with Crippen LogP contribution >= 0.6 is 11.3 Å². The molecule has 0 radical (unpaired) electrons. The molecule has 2 heterocycles. The summed E-state index contributed by atoms with van der Waals surface area (Å²) in [5, 5.41) is 4.55. The molecule has 5 heteroatoms. The van der Waals surface area contributed by atoms with Crippen LogP contribution in [0.5, 0.6) is 11.5 Å². The fourth-order valence-electron chi connectivity index (χ4n) is 3.39. The number of rotatable bonds is 5.